The van der Waals surface area contributed by atoms with E-state index in [2.05, 4.69) is 19.2 Å². The van der Waals surface area contributed by atoms with Crippen LogP contribution in [0.15, 0.2) is 0 Å². The van der Waals surface area contributed by atoms with Crippen molar-refractivity contribution >= 4 is 0 Å². The van der Waals surface area contributed by atoms with Gasteiger partial charge in [-0.25, -0.2) is 0 Å². The van der Waals surface area contributed by atoms with Crippen LogP contribution in [0.4, 0.5) is 0 Å². The minimum atomic E-state index is 0.283. The molecule has 2 N–H and O–H groups in total. The second-order valence-electron chi connectivity index (χ2n) is 4.96. The van der Waals surface area contributed by atoms with Crippen molar-refractivity contribution in [1.29, 1.82) is 0 Å². The van der Waals surface area contributed by atoms with Crippen molar-refractivity contribution in [1.82, 2.24) is 5.32 Å². The first kappa shape index (κ1) is 13.0. The molecule has 1 atom stereocenters. The van der Waals surface area contributed by atoms with E-state index in [0.717, 1.165) is 12.3 Å². The lowest BCUT2D eigenvalue weighted by Gasteiger charge is -2.31. The highest BCUT2D eigenvalue weighted by Gasteiger charge is 2.21. The molecule has 1 aliphatic carbocycles. The molecular formula is C13H27NO. The van der Waals surface area contributed by atoms with Crippen molar-refractivity contribution in [3.8, 4) is 0 Å². The van der Waals surface area contributed by atoms with Gasteiger partial charge in [0.15, 0.2) is 0 Å². The van der Waals surface area contributed by atoms with Gasteiger partial charge in [-0.1, -0.05) is 26.7 Å². The quantitative estimate of drug-likeness (QED) is 0.711. The van der Waals surface area contributed by atoms with Crippen molar-refractivity contribution in [3.05, 3.63) is 0 Å². The average Bonchev–Trinajstić information content (AvgIpc) is 2.28. The smallest absolute Gasteiger partial charge is 0.0584 e. The molecule has 0 heterocycles. The van der Waals surface area contributed by atoms with Crippen LogP contribution in [0.3, 0.4) is 0 Å². The topological polar surface area (TPSA) is 32.3 Å². The predicted octanol–water partition coefficient (Wildman–Crippen LogP) is 2.71. The number of hydrogen-bond donors (Lipinski definition) is 2. The Labute approximate surface area is 94.5 Å². The van der Waals surface area contributed by atoms with Crippen molar-refractivity contribution in [2.24, 2.45) is 5.92 Å². The molecule has 1 saturated carbocycles. The van der Waals surface area contributed by atoms with Gasteiger partial charge in [0.2, 0.25) is 0 Å². The number of aliphatic hydroxyl groups excluding tert-OH is 1. The molecule has 0 saturated heterocycles. The summed E-state index contributed by atoms with van der Waals surface area (Å²) in [6.07, 6.45) is 9.15. The SMILES string of the molecule is CCCC1CCC(NC(CC)CO)CC1. The van der Waals surface area contributed by atoms with Crippen LogP contribution in [0, 0.1) is 5.92 Å². The van der Waals surface area contributed by atoms with E-state index in [-0.39, 0.29) is 6.61 Å². The number of rotatable bonds is 6. The molecule has 0 aromatic rings. The molecule has 0 aromatic heterocycles. The van der Waals surface area contributed by atoms with E-state index in [0.29, 0.717) is 12.1 Å². The summed E-state index contributed by atoms with van der Waals surface area (Å²) in [5.74, 6) is 0.974. The molecule has 1 fully saturated rings. The fourth-order valence-electron chi connectivity index (χ4n) is 2.66. The van der Waals surface area contributed by atoms with Crippen LogP contribution < -0.4 is 5.32 Å². The highest BCUT2D eigenvalue weighted by atomic mass is 16.3. The molecule has 0 radical (unpaired) electrons. The second-order valence-corrected chi connectivity index (χ2v) is 4.96. The summed E-state index contributed by atoms with van der Waals surface area (Å²) < 4.78 is 0. The van der Waals surface area contributed by atoms with Crippen LogP contribution in [-0.4, -0.2) is 23.8 Å². The maximum atomic E-state index is 9.13. The number of aliphatic hydroxyl groups is 1. The second kappa shape index (κ2) is 7.24. The van der Waals surface area contributed by atoms with E-state index in [1.165, 1.54) is 38.5 Å². The Balaban J connectivity index is 2.19. The van der Waals surface area contributed by atoms with Crippen molar-refractivity contribution in [3.63, 3.8) is 0 Å². The van der Waals surface area contributed by atoms with E-state index >= 15 is 0 Å². The fraction of sp³-hybridized carbons (Fsp3) is 1.00. The summed E-state index contributed by atoms with van der Waals surface area (Å²) in [6.45, 7) is 4.70. The zero-order valence-corrected chi connectivity index (χ0v) is 10.3. The zero-order chi connectivity index (χ0) is 11.1. The van der Waals surface area contributed by atoms with Gasteiger partial charge in [0.25, 0.3) is 0 Å². The highest BCUT2D eigenvalue weighted by molar-refractivity contribution is 4.79. The Hall–Kier alpha value is -0.0800. The molecule has 0 spiro atoms. The van der Waals surface area contributed by atoms with Crippen molar-refractivity contribution in [2.45, 2.75) is 70.9 Å². The fourth-order valence-corrected chi connectivity index (χ4v) is 2.66. The normalized spacial score (nSPS) is 29.0. The van der Waals surface area contributed by atoms with E-state index < -0.39 is 0 Å². The molecule has 90 valence electrons. The highest BCUT2D eigenvalue weighted by Crippen LogP contribution is 2.27. The number of nitrogens with one attached hydrogen (secondary N) is 1. The first-order valence-corrected chi connectivity index (χ1v) is 6.67. The van der Waals surface area contributed by atoms with Gasteiger partial charge < -0.3 is 10.4 Å². The zero-order valence-electron chi connectivity index (χ0n) is 10.3. The van der Waals surface area contributed by atoms with Crippen LogP contribution in [0.25, 0.3) is 0 Å². The average molecular weight is 213 g/mol. The van der Waals surface area contributed by atoms with Crippen molar-refractivity contribution in [2.75, 3.05) is 6.61 Å². The Kier molecular flexibility index (Phi) is 6.26. The standard InChI is InChI=1S/C13H27NO/c1-3-5-11-6-8-13(9-7-11)14-12(4-2)10-15/h11-15H,3-10H2,1-2H3. The van der Waals surface area contributed by atoms with Crippen LogP contribution >= 0.6 is 0 Å². The summed E-state index contributed by atoms with van der Waals surface area (Å²) in [7, 11) is 0. The molecule has 0 aliphatic heterocycles. The van der Waals surface area contributed by atoms with Gasteiger partial charge in [-0.3, -0.25) is 0 Å². The summed E-state index contributed by atoms with van der Waals surface area (Å²) >= 11 is 0. The molecule has 15 heavy (non-hydrogen) atoms. The molecule has 1 unspecified atom stereocenters. The molecule has 1 aliphatic rings. The predicted molar refractivity (Wildman–Crippen MR) is 65.0 cm³/mol. The molecular weight excluding hydrogens is 186 g/mol. The largest absolute Gasteiger partial charge is 0.395 e. The maximum absolute atomic E-state index is 9.13. The van der Waals surface area contributed by atoms with Crippen LogP contribution in [0.2, 0.25) is 0 Å². The van der Waals surface area contributed by atoms with Gasteiger partial charge in [0, 0.05) is 12.1 Å². The Morgan fingerprint density at radius 3 is 2.33 bits per heavy atom. The van der Waals surface area contributed by atoms with Crippen LogP contribution in [0.5, 0.6) is 0 Å². The van der Waals surface area contributed by atoms with E-state index in [1.54, 1.807) is 0 Å². The van der Waals surface area contributed by atoms with Gasteiger partial charge in [0.1, 0.15) is 0 Å². The first-order chi connectivity index (χ1) is 7.30. The van der Waals surface area contributed by atoms with Gasteiger partial charge >= 0.3 is 0 Å². The Bertz CT molecular complexity index is 149. The molecule has 0 bridgehead atoms. The monoisotopic (exact) mass is 213 g/mol. The van der Waals surface area contributed by atoms with Crippen LogP contribution in [-0.2, 0) is 0 Å². The first-order valence-electron chi connectivity index (χ1n) is 6.67. The van der Waals surface area contributed by atoms with Gasteiger partial charge in [-0.2, -0.15) is 0 Å². The van der Waals surface area contributed by atoms with Crippen molar-refractivity contribution < 1.29 is 5.11 Å². The lowest BCUT2D eigenvalue weighted by Crippen LogP contribution is -2.42. The maximum Gasteiger partial charge on any atom is 0.0584 e. The van der Waals surface area contributed by atoms with Crippen LogP contribution in [0.1, 0.15) is 58.8 Å². The van der Waals surface area contributed by atoms with E-state index in [9.17, 15) is 0 Å². The third-order valence-electron chi connectivity index (χ3n) is 3.73. The Morgan fingerprint density at radius 2 is 1.87 bits per heavy atom. The summed E-state index contributed by atoms with van der Waals surface area (Å²) in [4.78, 5) is 0. The third kappa shape index (κ3) is 4.52. The Morgan fingerprint density at radius 1 is 1.20 bits per heavy atom. The van der Waals surface area contributed by atoms with E-state index in [4.69, 9.17) is 5.11 Å². The minimum absolute atomic E-state index is 0.283. The lowest BCUT2D eigenvalue weighted by atomic mass is 9.83. The van der Waals surface area contributed by atoms with E-state index in [1.807, 2.05) is 0 Å². The summed E-state index contributed by atoms with van der Waals surface area (Å²) in [5.41, 5.74) is 0. The van der Waals surface area contributed by atoms with Gasteiger partial charge in [-0.15, -0.1) is 0 Å². The lowest BCUT2D eigenvalue weighted by molar-refractivity contribution is 0.201. The molecule has 1 rings (SSSR count). The molecule has 2 heteroatoms. The van der Waals surface area contributed by atoms with Gasteiger partial charge in [0.05, 0.1) is 6.61 Å². The minimum Gasteiger partial charge on any atom is -0.395 e. The third-order valence-corrected chi connectivity index (χ3v) is 3.73. The summed E-state index contributed by atoms with van der Waals surface area (Å²) in [5, 5.41) is 12.7. The summed E-state index contributed by atoms with van der Waals surface area (Å²) in [6, 6.07) is 0.980. The number of hydrogen-bond acceptors (Lipinski definition) is 2. The molecule has 0 amide bonds. The molecule has 0 aromatic carbocycles. The molecule has 2 nitrogen and oxygen atoms in total. The van der Waals surface area contributed by atoms with Gasteiger partial charge in [-0.05, 0) is 38.0 Å².